The van der Waals surface area contributed by atoms with E-state index in [1.165, 1.54) is 17.4 Å². The van der Waals surface area contributed by atoms with Crippen LogP contribution in [0.25, 0.3) is 0 Å². The Kier molecular flexibility index (Phi) is 4.92. The highest BCUT2D eigenvalue weighted by molar-refractivity contribution is 9.10. The van der Waals surface area contributed by atoms with Crippen LogP contribution >= 0.6 is 15.9 Å². The second-order valence-corrected chi connectivity index (χ2v) is 8.18. The lowest BCUT2D eigenvalue weighted by Crippen LogP contribution is -2.44. The molecule has 5 nitrogen and oxygen atoms in total. The predicted molar refractivity (Wildman–Crippen MR) is 84.0 cm³/mol. The summed E-state index contributed by atoms with van der Waals surface area (Å²) in [4.78, 5) is 1.78. The average molecular weight is 380 g/mol. The van der Waals surface area contributed by atoms with Gasteiger partial charge >= 0.3 is 0 Å². The van der Waals surface area contributed by atoms with E-state index in [0.717, 1.165) is 32.0 Å². The number of rotatable bonds is 3. The third kappa shape index (κ3) is 3.39. The first-order valence-corrected chi connectivity index (χ1v) is 8.88. The van der Waals surface area contributed by atoms with Gasteiger partial charge in [0.05, 0.1) is 0 Å². The van der Waals surface area contributed by atoms with Gasteiger partial charge in [-0.2, -0.15) is 4.31 Å². The zero-order valence-electron chi connectivity index (χ0n) is 12.0. The van der Waals surface area contributed by atoms with Crippen molar-refractivity contribution in [1.82, 2.24) is 9.21 Å². The fraction of sp³-hybridized carbons (Fsp3) is 0.538. The minimum Gasteiger partial charge on any atom is -0.398 e. The van der Waals surface area contributed by atoms with E-state index in [9.17, 15) is 12.8 Å². The maximum absolute atomic E-state index is 14.0. The molecule has 0 radical (unpaired) electrons. The molecular formula is C13H19BrFN3O2S. The number of nitrogens with zero attached hydrogens (tertiary/aromatic N) is 2. The first kappa shape index (κ1) is 16.7. The molecule has 0 aromatic heterocycles. The number of nitrogen functional groups attached to an aromatic ring is 1. The molecule has 1 fully saturated rings. The van der Waals surface area contributed by atoms with Crippen molar-refractivity contribution in [2.24, 2.45) is 0 Å². The molecule has 0 saturated carbocycles. The van der Waals surface area contributed by atoms with Crippen molar-refractivity contribution in [2.75, 3.05) is 32.9 Å². The van der Waals surface area contributed by atoms with Crippen LogP contribution in [0.4, 0.5) is 10.1 Å². The first-order valence-electron chi connectivity index (χ1n) is 6.64. The second-order valence-electron chi connectivity index (χ2n) is 5.36. The number of piperidine rings is 1. The lowest BCUT2D eigenvalue weighted by Gasteiger charge is -2.34. The molecule has 0 atom stereocenters. The van der Waals surface area contributed by atoms with Crippen molar-refractivity contribution in [2.45, 2.75) is 23.8 Å². The summed E-state index contributed by atoms with van der Waals surface area (Å²) in [5.74, 6) is -0.796. The Labute approximate surface area is 133 Å². The van der Waals surface area contributed by atoms with Gasteiger partial charge in [0, 0.05) is 23.2 Å². The van der Waals surface area contributed by atoms with Crippen molar-refractivity contribution < 1.29 is 12.8 Å². The number of anilines is 1. The third-order valence-corrected chi connectivity index (χ3v) is 6.52. The highest BCUT2D eigenvalue weighted by atomic mass is 79.9. The molecule has 118 valence electrons. The largest absolute Gasteiger partial charge is 0.398 e. The van der Waals surface area contributed by atoms with Crippen LogP contribution in [-0.4, -0.2) is 50.8 Å². The highest BCUT2D eigenvalue weighted by Crippen LogP contribution is 2.29. The predicted octanol–water partition coefficient (Wildman–Crippen LogP) is 1.89. The van der Waals surface area contributed by atoms with Crippen LogP contribution in [0.5, 0.6) is 0 Å². The molecule has 1 aliphatic heterocycles. The monoisotopic (exact) mass is 379 g/mol. The molecule has 0 amide bonds. The summed E-state index contributed by atoms with van der Waals surface area (Å²) in [7, 11) is -0.384. The number of halogens is 2. The summed E-state index contributed by atoms with van der Waals surface area (Å²) >= 11 is 3.09. The number of sulfonamides is 1. The van der Waals surface area contributed by atoms with Gasteiger partial charge in [0.1, 0.15) is 10.7 Å². The molecule has 1 heterocycles. The molecule has 0 bridgehead atoms. The third-order valence-electron chi connectivity index (χ3n) is 3.91. The maximum Gasteiger partial charge on any atom is 0.246 e. The van der Waals surface area contributed by atoms with E-state index in [-0.39, 0.29) is 16.6 Å². The van der Waals surface area contributed by atoms with Crippen LogP contribution in [-0.2, 0) is 10.0 Å². The molecule has 2 N–H and O–H groups in total. The number of benzene rings is 1. The molecule has 0 unspecified atom stereocenters. The van der Waals surface area contributed by atoms with Gasteiger partial charge in [-0.05, 0) is 61.0 Å². The van der Waals surface area contributed by atoms with Crippen LogP contribution in [0.2, 0.25) is 0 Å². The molecule has 0 spiro atoms. The molecule has 1 aromatic rings. The quantitative estimate of drug-likeness (QED) is 0.814. The standard InChI is InChI=1S/C13H19BrFN3O2S/c1-17-5-3-9(4-6-17)18(2)21(19,20)13-8-12(16)10(14)7-11(13)15/h7-9H,3-6,16H2,1-2H3. The van der Waals surface area contributed by atoms with Crippen molar-refractivity contribution in [3.05, 3.63) is 22.4 Å². The number of likely N-dealkylation sites (tertiary alicyclic amines) is 1. The highest BCUT2D eigenvalue weighted by Gasteiger charge is 2.32. The van der Waals surface area contributed by atoms with Crippen LogP contribution < -0.4 is 5.73 Å². The molecule has 1 saturated heterocycles. The van der Waals surface area contributed by atoms with E-state index < -0.39 is 15.8 Å². The Morgan fingerprint density at radius 1 is 1.38 bits per heavy atom. The molecular weight excluding hydrogens is 361 g/mol. The summed E-state index contributed by atoms with van der Waals surface area (Å²) in [6.07, 6.45) is 1.47. The van der Waals surface area contributed by atoms with Gasteiger partial charge in [-0.15, -0.1) is 0 Å². The topological polar surface area (TPSA) is 66.6 Å². The van der Waals surface area contributed by atoms with Gasteiger partial charge in [-0.1, -0.05) is 0 Å². The van der Waals surface area contributed by atoms with Gasteiger partial charge < -0.3 is 10.6 Å². The normalized spacial score (nSPS) is 18.3. The summed E-state index contributed by atoms with van der Waals surface area (Å²) in [5.41, 5.74) is 5.88. The molecule has 2 rings (SSSR count). The minimum atomic E-state index is -3.89. The minimum absolute atomic E-state index is 0.115. The SMILES string of the molecule is CN1CCC(N(C)S(=O)(=O)c2cc(N)c(Br)cc2F)CC1. The fourth-order valence-corrected chi connectivity index (χ4v) is 4.26. The van der Waals surface area contributed by atoms with Crippen LogP contribution in [0.3, 0.4) is 0 Å². The smallest absolute Gasteiger partial charge is 0.246 e. The molecule has 21 heavy (non-hydrogen) atoms. The summed E-state index contributed by atoms with van der Waals surface area (Å²) in [5, 5.41) is 0. The van der Waals surface area contributed by atoms with Gasteiger partial charge in [0.25, 0.3) is 0 Å². The summed E-state index contributed by atoms with van der Waals surface area (Å²) < 4.78 is 40.8. The van der Waals surface area contributed by atoms with E-state index >= 15 is 0 Å². The summed E-state index contributed by atoms with van der Waals surface area (Å²) in [6, 6.07) is 2.14. The zero-order valence-corrected chi connectivity index (χ0v) is 14.4. The van der Waals surface area contributed by atoms with Crippen LogP contribution in [0, 0.1) is 5.82 Å². The number of hydrogen-bond donors (Lipinski definition) is 1. The molecule has 0 aliphatic carbocycles. The van der Waals surface area contributed by atoms with Crippen molar-refractivity contribution in [1.29, 1.82) is 0 Å². The first-order chi connectivity index (χ1) is 9.73. The van der Waals surface area contributed by atoms with Crippen LogP contribution in [0.15, 0.2) is 21.5 Å². The van der Waals surface area contributed by atoms with Crippen molar-refractivity contribution >= 4 is 31.6 Å². The fourth-order valence-electron chi connectivity index (χ4n) is 2.45. The van der Waals surface area contributed by atoms with E-state index in [4.69, 9.17) is 5.73 Å². The van der Waals surface area contributed by atoms with Gasteiger partial charge in [-0.3, -0.25) is 0 Å². The van der Waals surface area contributed by atoms with E-state index in [1.807, 2.05) is 7.05 Å². The maximum atomic E-state index is 14.0. The lowest BCUT2D eigenvalue weighted by atomic mass is 10.1. The molecule has 1 aromatic carbocycles. The second kappa shape index (κ2) is 6.20. The van der Waals surface area contributed by atoms with E-state index in [1.54, 1.807) is 0 Å². The Balaban J connectivity index is 2.31. The van der Waals surface area contributed by atoms with E-state index in [0.29, 0.717) is 4.47 Å². The molecule has 1 aliphatic rings. The Bertz CT molecular complexity index is 631. The summed E-state index contributed by atoms with van der Waals surface area (Å²) in [6.45, 7) is 1.66. The lowest BCUT2D eigenvalue weighted by molar-refractivity contribution is 0.197. The van der Waals surface area contributed by atoms with E-state index in [2.05, 4.69) is 20.8 Å². The Morgan fingerprint density at radius 3 is 2.52 bits per heavy atom. The van der Waals surface area contributed by atoms with Gasteiger partial charge in [0.2, 0.25) is 10.0 Å². The van der Waals surface area contributed by atoms with Gasteiger partial charge in [0.15, 0.2) is 0 Å². The number of nitrogens with two attached hydrogens (primary N) is 1. The van der Waals surface area contributed by atoms with Gasteiger partial charge in [-0.25, -0.2) is 12.8 Å². The van der Waals surface area contributed by atoms with Crippen molar-refractivity contribution in [3.8, 4) is 0 Å². The Hall–Kier alpha value is -0.700. The average Bonchev–Trinajstić information content (AvgIpc) is 2.42. The Morgan fingerprint density at radius 2 is 1.95 bits per heavy atom. The van der Waals surface area contributed by atoms with Crippen molar-refractivity contribution in [3.63, 3.8) is 0 Å². The zero-order chi connectivity index (χ0) is 15.8. The number of hydrogen-bond acceptors (Lipinski definition) is 4. The van der Waals surface area contributed by atoms with Crippen LogP contribution in [0.1, 0.15) is 12.8 Å². The molecule has 8 heteroatoms.